The maximum Gasteiger partial charge on any atom is 0.337 e. The lowest BCUT2D eigenvalue weighted by molar-refractivity contribution is -0.114. The molecule has 0 unspecified atom stereocenters. The summed E-state index contributed by atoms with van der Waals surface area (Å²) in [4.78, 5) is 36.7. The molecule has 1 N–H and O–H groups in total. The molecule has 33 heavy (non-hydrogen) atoms. The van der Waals surface area contributed by atoms with E-state index in [1.54, 1.807) is 6.07 Å². The van der Waals surface area contributed by atoms with Crippen LogP contribution >= 0.6 is 0 Å². The molecule has 0 aliphatic carbocycles. The summed E-state index contributed by atoms with van der Waals surface area (Å²) in [5.74, 6) is -1.67. The van der Waals surface area contributed by atoms with Crippen molar-refractivity contribution < 1.29 is 41.7 Å². The molecule has 2 rings (SSSR count). The molecule has 0 heterocycles. The Hall–Kier alpha value is -3.80. The molecule has 0 saturated carbocycles. The van der Waals surface area contributed by atoms with Crippen molar-refractivity contribution in [3.05, 3.63) is 47.5 Å². The average Bonchev–Trinajstić information content (AvgIpc) is 2.79. The van der Waals surface area contributed by atoms with Gasteiger partial charge < -0.3 is 24.3 Å². The molecule has 1 amide bonds. The number of hydrogen-bond acceptors (Lipinski definition) is 9. The highest BCUT2D eigenvalue weighted by Gasteiger charge is 2.25. The van der Waals surface area contributed by atoms with Crippen LogP contribution in [0.3, 0.4) is 0 Å². The number of ether oxygens (including phenoxy) is 4. The van der Waals surface area contributed by atoms with Crippen LogP contribution in [0.5, 0.6) is 11.5 Å². The zero-order valence-electron chi connectivity index (χ0n) is 18.7. The molecule has 0 aliphatic heterocycles. The van der Waals surface area contributed by atoms with Crippen molar-refractivity contribution in [1.29, 1.82) is 0 Å². The first-order chi connectivity index (χ1) is 15.5. The molecule has 0 aromatic heterocycles. The zero-order valence-corrected chi connectivity index (χ0v) is 19.5. The Morgan fingerprint density at radius 1 is 0.879 bits per heavy atom. The highest BCUT2D eigenvalue weighted by Crippen LogP contribution is 2.33. The van der Waals surface area contributed by atoms with Gasteiger partial charge in [0.15, 0.2) is 0 Å². The van der Waals surface area contributed by atoms with Crippen molar-refractivity contribution in [3.8, 4) is 11.5 Å². The van der Waals surface area contributed by atoms with Gasteiger partial charge in [0, 0.05) is 11.8 Å². The van der Waals surface area contributed by atoms with Gasteiger partial charge in [0.25, 0.3) is 0 Å². The third-order valence-electron chi connectivity index (χ3n) is 4.40. The summed E-state index contributed by atoms with van der Waals surface area (Å²) in [5, 5.41) is 2.49. The monoisotopic (exact) mass is 480 g/mol. The lowest BCUT2D eigenvalue weighted by Gasteiger charge is -2.24. The number of rotatable bonds is 9. The molecule has 0 radical (unpaired) electrons. The van der Waals surface area contributed by atoms with Gasteiger partial charge in [-0.3, -0.25) is 9.10 Å². The number of hydrogen-bond donors (Lipinski definition) is 1. The van der Waals surface area contributed by atoms with E-state index in [0.717, 1.165) is 24.8 Å². The molecule has 12 heteroatoms. The van der Waals surface area contributed by atoms with E-state index >= 15 is 0 Å². The van der Waals surface area contributed by atoms with Crippen LogP contribution in [-0.2, 0) is 24.3 Å². The third-order valence-corrected chi connectivity index (χ3v) is 5.53. The van der Waals surface area contributed by atoms with Gasteiger partial charge in [0.1, 0.15) is 18.0 Å². The van der Waals surface area contributed by atoms with E-state index in [-0.39, 0.29) is 28.3 Å². The van der Waals surface area contributed by atoms with Gasteiger partial charge in [0.2, 0.25) is 15.9 Å². The zero-order chi connectivity index (χ0) is 24.8. The highest BCUT2D eigenvalue weighted by molar-refractivity contribution is 7.92. The standard InChI is InChI=1S/C21H24N2O9S/c1-29-16-6-7-18(30-2)17(11-16)23(33(5,27)28)12-19(24)22-15-9-13(20(25)31-3)8-14(10-15)21(26)32-4/h6-11H,12H2,1-5H3,(H,22,24). The third kappa shape index (κ3) is 6.35. The van der Waals surface area contributed by atoms with Crippen LogP contribution in [0.4, 0.5) is 11.4 Å². The number of carbonyl (C=O) groups excluding carboxylic acids is 3. The number of amides is 1. The van der Waals surface area contributed by atoms with Gasteiger partial charge in [-0.15, -0.1) is 0 Å². The van der Waals surface area contributed by atoms with Crippen molar-refractivity contribution in [3.63, 3.8) is 0 Å². The summed E-state index contributed by atoms with van der Waals surface area (Å²) >= 11 is 0. The largest absolute Gasteiger partial charge is 0.497 e. The number of esters is 2. The maximum atomic E-state index is 12.8. The Morgan fingerprint density at radius 2 is 1.45 bits per heavy atom. The van der Waals surface area contributed by atoms with E-state index in [2.05, 4.69) is 14.8 Å². The normalized spacial score (nSPS) is 10.7. The minimum Gasteiger partial charge on any atom is -0.497 e. The Balaban J connectivity index is 2.41. The molecule has 0 aliphatic rings. The molecule has 2 aromatic rings. The predicted molar refractivity (Wildman–Crippen MR) is 119 cm³/mol. The Labute approximate surface area is 191 Å². The lowest BCUT2D eigenvalue weighted by atomic mass is 10.1. The molecular formula is C21H24N2O9S. The van der Waals surface area contributed by atoms with E-state index < -0.39 is 34.4 Å². The van der Waals surface area contributed by atoms with Crippen LogP contribution < -0.4 is 19.1 Å². The SMILES string of the molecule is COC(=O)c1cc(NC(=O)CN(c2cc(OC)ccc2OC)S(C)(=O)=O)cc(C(=O)OC)c1. The molecular weight excluding hydrogens is 456 g/mol. The summed E-state index contributed by atoms with van der Waals surface area (Å²) in [5.41, 5.74) is 0.137. The Morgan fingerprint density at radius 3 is 1.91 bits per heavy atom. The minimum absolute atomic E-state index is 0.00914. The summed E-state index contributed by atoms with van der Waals surface area (Å²) in [7, 11) is 1.17. The molecule has 0 spiro atoms. The molecule has 0 saturated heterocycles. The van der Waals surface area contributed by atoms with E-state index in [4.69, 9.17) is 9.47 Å². The first-order valence-corrected chi connectivity index (χ1v) is 11.2. The number of benzene rings is 2. The topological polar surface area (TPSA) is 138 Å². The molecule has 11 nitrogen and oxygen atoms in total. The summed E-state index contributed by atoms with van der Waals surface area (Å²) in [6, 6.07) is 8.32. The summed E-state index contributed by atoms with van der Waals surface area (Å²) in [6.07, 6.45) is 0.937. The number of nitrogens with zero attached hydrogens (tertiary/aromatic N) is 1. The van der Waals surface area contributed by atoms with Gasteiger partial charge in [-0.05, 0) is 30.3 Å². The highest BCUT2D eigenvalue weighted by atomic mass is 32.2. The second-order valence-electron chi connectivity index (χ2n) is 6.64. The number of carbonyl (C=O) groups is 3. The van der Waals surface area contributed by atoms with Crippen LogP contribution in [0.2, 0.25) is 0 Å². The van der Waals surface area contributed by atoms with Gasteiger partial charge in [-0.25, -0.2) is 18.0 Å². The first-order valence-electron chi connectivity index (χ1n) is 9.35. The fourth-order valence-corrected chi connectivity index (χ4v) is 3.73. The van der Waals surface area contributed by atoms with Crippen LogP contribution in [-0.4, -0.2) is 67.5 Å². The van der Waals surface area contributed by atoms with E-state index in [1.165, 1.54) is 44.6 Å². The van der Waals surface area contributed by atoms with Crippen LogP contribution in [0.25, 0.3) is 0 Å². The Bertz CT molecular complexity index is 1130. The minimum atomic E-state index is -3.93. The van der Waals surface area contributed by atoms with Crippen LogP contribution in [0, 0.1) is 0 Å². The van der Waals surface area contributed by atoms with Gasteiger partial charge in [0.05, 0.1) is 51.5 Å². The van der Waals surface area contributed by atoms with Gasteiger partial charge >= 0.3 is 11.9 Å². The van der Waals surface area contributed by atoms with E-state index in [0.29, 0.717) is 5.75 Å². The van der Waals surface area contributed by atoms with Crippen molar-refractivity contribution >= 4 is 39.2 Å². The number of anilines is 2. The molecule has 0 atom stereocenters. The van der Waals surface area contributed by atoms with E-state index in [1.807, 2.05) is 0 Å². The molecule has 0 fully saturated rings. The predicted octanol–water partition coefficient (Wildman–Crippen LogP) is 1.68. The maximum absolute atomic E-state index is 12.8. The second-order valence-corrected chi connectivity index (χ2v) is 8.54. The van der Waals surface area contributed by atoms with Crippen LogP contribution in [0.15, 0.2) is 36.4 Å². The molecule has 2 aromatic carbocycles. The van der Waals surface area contributed by atoms with Crippen molar-refractivity contribution in [1.82, 2.24) is 0 Å². The Kier molecular flexibility index (Phi) is 8.24. The quantitative estimate of drug-likeness (QED) is 0.531. The number of methoxy groups -OCH3 is 4. The first kappa shape index (κ1) is 25.5. The summed E-state index contributed by atoms with van der Waals surface area (Å²) in [6.45, 7) is -0.627. The van der Waals surface area contributed by atoms with Crippen LogP contribution in [0.1, 0.15) is 20.7 Å². The van der Waals surface area contributed by atoms with Gasteiger partial charge in [-0.2, -0.15) is 0 Å². The molecule has 178 valence electrons. The molecule has 0 bridgehead atoms. The lowest BCUT2D eigenvalue weighted by Crippen LogP contribution is -2.37. The van der Waals surface area contributed by atoms with Crippen molar-refractivity contribution in [2.45, 2.75) is 0 Å². The fraction of sp³-hybridized carbons (Fsp3) is 0.286. The fourth-order valence-electron chi connectivity index (χ4n) is 2.87. The second kappa shape index (κ2) is 10.7. The van der Waals surface area contributed by atoms with Crippen molar-refractivity contribution in [2.75, 3.05) is 50.9 Å². The number of nitrogens with one attached hydrogen (secondary N) is 1. The van der Waals surface area contributed by atoms with E-state index in [9.17, 15) is 22.8 Å². The number of sulfonamides is 1. The average molecular weight is 480 g/mol. The van der Waals surface area contributed by atoms with Gasteiger partial charge in [-0.1, -0.05) is 0 Å². The van der Waals surface area contributed by atoms with Crippen molar-refractivity contribution in [2.24, 2.45) is 0 Å². The smallest absolute Gasteiger partial charge is 0.337 e. The summed E-state index contributed by atoms with van der Waals surface area (Å²) < 4.78 is 45.5.